The summed E-state index contributed by atoms with van der Waals surface area (Å²) in [6.45, 7) is 20.9. The van der Waals surface area contributed by atoms with Crippen molar-refractivity contribution in [3.8, 4) is 0 Å². The van der Waals surface area contributed by atoms with E-state index in [1.807, 2.05) is 53.4 Å². The van der Waals surface area contributed by atoms with E-state index in [-0.39, 0.29) is 17.9 Å². The molecule has 0 radical (unpaired) electrons. The Kier molecular flexibility index (Phi) is 7.96. The number of aromatic nitrogens is 2. The van der Waals surface area contributed by atoms with E-state index in [0.717, 1.165) is 5.46 Å². The molecule has 0 spiro atoms. The predicted octanol–water partition coefficient (Wildman–Crippen LogP) is 2.36. The van der Waals surface area contributed by atoms with Crippen molar-refractivity contribution in [2.45, 2.75) is 98.1 Å². The second-order valence-corrected chi connectivity index (χ2v) is 12.1. The molecule has 0 saturated carbocycles. The van der Waals surface area contributed by atoms with Crippen molar-refractivity contribution in [2.24, 2.45) is 5.92 Å². The van der Waals surface area contributed by atoms with Gasteiger partial charge in [-0.3, -0.25) is 4.79 Å². The van der Waals surface area contributed by atoms with Gasteiger partial charge in [-0.1, -0.05) is 13.8 Å². The molecule has 2 atom stereocenters. The first kappa shape index (κ1) is 28.2. The maximum atomic E-state index is 13.4. The zero-order valence-corrected chi connectivity index (χ0v) is 23.4. The van der Waals surface area contributed by atoms with Gasteiger partial charge in [0, 0.05) is 43.5 Å². The molecule has 1 aromatic rings. The zero-order valence-electron chi connectivity index (χ0n) is 23.4. The monoisotopic (exact) mass is 503 g/mol. The molecule has 2 unspecified atom stereocenters. The summed E-state index contributed by atoms with van der Waals surface area (Å²) in [5.41, 5.74) is -0.722. The van der Waals surface area contributed by atoms with E-state index in [4.69, 9.17) is 14.0 Å². The second-order valence-electron chi connectivity index (χ2n) is 12.1. The van der Waals surface area contributed by atoms with Crippen molar-refractivity contribution in [3.63, 3.8) is 0 Å². The number of alkyl carbamates (subject to hydrolysis) is 1. The molecule has 2 saturated heterocycles. The van der Waals surface area contributed by atoms with Crippen LogP contribution in [-0.2, 0) is 18.8 Å². The molecule has 2 amide bonds. The third-order valence-corrected chi connectivity index (χ3v) is 6.98. The summed E-state index contributed by atoms with van der Waals surface area (Å²) in [7, 11) is -0.511. The summed E-state index contributed by atoms with van der Waals surface area (Å²) in [6, 6.07) is -0.747. The Morgan fingerprint density at radius 3 is 2.14 bits per heavy atom. The molecular formula is C25H42BN5O5. The van der Waals surface area contributed by atoms with Gasteiger partial charge in [0.2, 0.25) is 11.9 Å². The maximum absolute atomic E-state index is 13.4. The molecule has 11 heteroatoms. The van der Waals surface area contributed by atoms with Crippen LogP contribution in [0.2, 0.25) is 0 Å². The highest BCUT2D eigenvalue weighted by molar-refractivity contribution is 6.61. The first-order chi connectivity index (χ1) is 16.5. The first-order valence-electron chi connectivity index (χ1n) is 12.7. The van der Waals surface area contributed by atoms with Gasteiger partial charge < -0.3 is 29.2 Å². The van der Waals surface area contributed by atoms with Crippen molar-refractivity contribution in [3.05, 3.63) is 12.4 Å². The number of hydrogen-bond acceptors (Lipinski definition) is 8. The van der Waals surface area contributed by atoms with Crippen LogP contribution < -0.4 is 15.7 Å². The molecule has 0 bridgehead atoms. The molecule has 10 nitrogen and oxygen atoms in total. The summed E-state index contributed by atoms with van der Waals surface area (Å²) < 4.78 is 17.5. The van der Waals surface area contributed by atoms with Crippen molar-refractivity contribution in [1.29, 1.82) is 0 Å². The molecule has 36 heavy (non-hydrogen) atoms. The minimum atomic E-state index is -0.663. The third kappa shape index (κ3) is 6.29. The minimum absolute atomic E-state index is 0.0823. The third-order valence-electron chi connectivity index (χ3n) is 6.98. The normalized spacial score (nSPS) is 22.5. The van der Waals surface area contributed by atoms with Crippen LogP contribution in [0.1, 0.15) is 69.2 Å². The predicted molar refractivity (Wildman–Crippen MR) is 139 cm³/mol. The highest BCUT2D eigenvalue weighted by atomic mass is 16.7. The largest absolute Gasteiger partial charge is 0.498 e. The summed E-state index contributed by atoms with van der Waals surface area (Å²) in [4.78, 5) is 38.7. The highest BCUT2D eigenvalue weighted by Crippen LogP contribution is 2.36. The minimum Gasteiger partial charge on any atom is -0.444 e. The van der Waals surface area contributed by atoms with Crippen LogP contribution in [0.15, 0.2) is 12.4 Å². The average molecular weight is 503 g/mol. The number of nitrogens with one attached hydrogen (secondary N) is 1. The molecule has 1 N–H and O–H groups in total. The highest BCUT2D eigenvalue weighted by Gasteiger charge is 2.52. The van der Waals surface area contributed by atoms with E-state index in [9.17, 15) is 9.59 Å². The molecule has 0 aliphatic carbocycles. The molecule has 1 aromatic heterocycles. The fourth-order valence-electron chi connectivity index (χ4n) is 4.19. The van der Waals surface area contributed by atoms with Crippen molar-refractivity contribution in [2.75, 3.05) is 24.5 Å². The smallest absolute Gasteiger partial charge is 0.444 e. The summed E-state index contributed by atoms with van der Waals surface area (Å²) >= 11 is 0. The Balaban J connectivity index is 1.62. The lowest BCUT2D eigenvalue weighted by Crippen LogP contribution is -2.60. The second kappa shape index (κ2) is 10.2. The van der Waals surface area contributed by atoms with Gasteiger partial charge in [0.25, 0.3) is 0 Å². The van der Waals surface area contributed by atoms with Gasteiger partial charge in [0.05, 0.1) is 11.2 Å². The Labute approximate surface area is 215 Å². The number of amides is 2. The number of ether oxygens (including phenoxy) is 1. The van der Waals surface area contributed by atoms with E-state index in [1.54, 1.807) is 33.2 Å². The van der Waals surface area contributed by atoms with Crippen molar-refractivity contribution < 1.29 is 23.6 Å². The molecule has 200 valence electrons. The van der Waals surface area contributed by atoms with Gasteiger partial charge in [0.1, 0.15) is 11.6 Å². The maximum Gasteiger partial charge on any atom is 0.498 e. The first-order valence-corrected chi connectivity index (χ1v) is 12.7. The molecular weight excluding hydrogens is 461 g/mol. The number of hydrogen-bond donors (Lipinski definition) is 1. The average Bonchev–Trinajstić information content (AvgIpc) is 2.97. The fourth-order valence-corrected chi connectivity index (χ4v) is 4.19. The van der Waals surface area contributed by atoms with E-state index in [0.29, 0.717) is 25.6 Å². The van der Waals surface area contributed by atoms with E-state index >= 15 is 0 Å². The quantitative estimate of drug-likeness (QED) is 0.611. The zero-order chi connectivity index (χ0) is 27.1. The van der Waals surface area contributed by atoms with E-state index in [2.05, 4.69) is 20.2 Å². The lowest BCUT2D eigenvalue weighted by Gasteiger charge is -2.41. The molecule has 2 fully saturated rings. The molecule has 3 heterocycles. The number of carbonyl (C=O) groups is 2. The van der Waals surface area contributed by atoms with Crippen LogP contribution in [0.25, 0.3) is 0 Å². The number of carbonyl (C=O) groups excluding carboxylic acids is 2. The van der Waals surface area contributed by atoms with Gasteiger partial charge in [-0.15, -0.1) is 0 Å². The number of anilines is 1. The van der Waals surface area contributed by atoms with Gasteiger partial charge in [-0.05, 0) is 61.3 Å². The van der Waals surface area contributed by atoms with Crippen LogP contribution in [0.5, 0.6) is 0 Å². The Morgan fingerprint density at radius 2 is 1.67 bits per heavy atom. The van der Waals surface area contributed by atoms with Crippen molar-refractivity contribution in [1.82, 2.24) is 20.2 Å². The van der Waals surface area contributed by atoms with Crippen LogP contribution in [0.3, 0.4) is 0 Å². The van der Waals surface area contributed by atoms with Crippen LogP contribution in [0, 0.1) is 5.92 Å². The number of nitrogens with zero attached hydrogens (tertiary/aromatic N) is 4. The SMILES string of the molecule is CC(C)C(NC(=O)OC(C)(C)C)C(=O)N1CCN(c2ncc(B3OC(C)(C)C(C)(C)O3)cn2)CC1C. The fraction of sp³-hybridized carbons (Fsp3) is 0.760. The summed E-state index contributed by atoms with van der Waals surface area (Å²) in [5, 5.41) is 2.76. The number of rotatable bonds is 5. The standard InChI is InChI=1S/C25H42BN5O5/c1-16(2)19(29-22(33)34-23(4,5)6)20(32)31-12-11-30(15-17(31)3)21-27-13-18(14-28-21)26-35-24(7,8)25(9,10)36-26/h13-14,16-17,19H,11-12,15H2,1-10H3,(H,29,33). The number of piperazine rings is 1. The van der Waals surface area contributed by atoms with E-state index < -0.39 is 36.1 Å². The van der Waals surface area contributed by atoms with Crippen LogP contribution in [0.4, 0.5) is 10.7 Å². The summed E-state index contributed by atoms with van der Waals surface area (Å²) in [6.07, 6.45) is 2.90. The van der Waals surface area contributed by atoms with Gasteiger partial charge in [0.15, 0.2) is 0 Å². The van der Waals surface area contributed by atoms with Gasteiger partial charge >= 0.3 is 13.2 Å². The lowest BCUT2D eigenvalue weighted by atomic mass is 9.81. The van der Waals surface area contributed by atoms with E-state index in [1.165, 1.54) is 0 Å². The molecule has 2 aliphatic rings. The Hall–Kier alpha value is -2.40. The summed E-state index contributed by atoms with van der Waals surface area (Å²) in [5.74, 6) is 0.405. The molecule has 3 rings (SSSR count). The Morgan fingerprint density at radius 1 is 1.11 bits per heavy atom. The van der Waals surface area contributed by atoms with Crippen molar-refractivity contribution >= 4 is 30.5 Å². The van der Waals surface area contributed by atoms with Gasteiger partial charge in [-0.25, -0.2) is 14.8 Å². The van der Waals surface area contributed by atoms with Gasteiger partial charge in [-0.2, -0.15) is 0 Å². The molecule has 0 aromatic carbocycles. The topological polar surface area (TPSA) is 106 Å². The Bertz CT molecular complexity index is 931. The van der Waals surface area contributed by atoms with Crippen LogP contribution in [-0.4, -0.2) is 82.5 Å². The molecule has 2 aliphatic heterocycles. The lowest BCUT2D eigenvalue weighted by molar-refractivity contribution is -0.137. The van der Waals surface area contributed by atoms with Crippen LogP contribution >= 0.6 is 0 Å².